The molecule has 4 aliphatic carbocycles. The van der Waals surface area contributed by atoms with Gasteiger partial charge >= 0.3 is 0 Å². The van der Waals surface area contributed by atoms with E-state index in [2.05, 4.69) is 17.4 Å². The highest BCUT2D eigenvalue weighted by Gasteiger charge is 2.75. The van der Waals surface area contributed by atoms with Gasteiger partial charge in [-0.25, -0.2) is 4.39 Å². The maximum Gasteiger partial charge on any atom is 0.252 e. The zero-order valence-electron chi connectivity index (χ0n) is 21.6. The molecule has 4 N–H and O–H groups in total. The van der Waals surface area contributed by atoms with Crippen molar-refractivity contribution in [1.29, 1.82) is 0 Å². The third-order valence-corrected chi connectivity index (χ3v) is 10.4. The van der Waals surface area contributed by atoms with Crippen LogP contribution in [0.2, 0.25) is 0 Å². The number of nitrogens with one attached hydrogen (secondary N) is 1. The van der Waals surface area contributed by atoms with Gasteiger partial charge in [0, 0.05) is 23.3 Å². The van der Waals surface area contributed by atoms with Gasteiger partial charge in [-0.15, -0.1) is 0 Å². The van der Waals surface area contributed by atoms with E-state index in [1.165, 1.54) is 5.56 Å². The second-order valence-electron chi connectivity index (χ2n) is 12.1. The molecule has 0 saturated heterocycles. The number of hydrogen-bond acceptors (Lipinski definition) is 4. The van der Waals surface area contributed by atoms with Gasteiger partial charge in [0.05, 0.1) is 12.2 Å². The summed E-state index contributed by atoms with van der Waals surface area (Å²) in [5.74, 6) is -1.49. The first-order valence-corrected chi connectivity index (χ1v) is 13.5. The fourth-order valence-corrected chi connectivity index (χ4v) is 8.42. The summed E-state index contributed by atoms with van der Waals surface area (Å²) in [6.45, 7) is 6.03. The highest BCUT2D eigenvalue weighted by molar-refractivity contribution is 5.87. The van der Waals surface area contributed by atoms with E-state index in [0.29, 0.717) is 25.8 Å². The molecule has 196 valence electrons. The molecule has 0 spiro atoms. The number of halogens is 1. The van der Waals surface area contributed by atoms with Crippen molar-refractivity contribution < 1.29 is 24.5 Å². The molecule has 0 aliphatic heterocycles. The molecular formula is C30H40FNO4. The Morgan fingerprint density at radius 1 is 1.17 bits per heavy atom. The summed E-state index contributed by atoms with van der Waals surface area (Å²) in [6, 6.07) is 10.1. The van der Waals surface area contributed by atoms with Crippen LogP contribution in [-0.2, 0) is 11.2 Å². The number of aliphatic hydroxyl groups excluding tert-OH is 2. The van der Waals surface area contributed by atoms with E-state index in [0.717, 1.165) is 18.4 Å². The van der Waals surface area contributed by atoms with Gasteiger partial charge in [0.15, 0.2) is 11.3 Å². The van der Waals surface area contributed by atoms with Gasteiger partial charge in [-0.1, -0.05) is 68.0 Å². The van der Waals surface area contributed by atoms with E-state index < -0.39 is 46.1 Å². The second-order valence-corrected chi connectivity index (χ2v) is 12.1. The molecule has 3 saturated carbocycles. The van der Waals surface area contributed by atoms with Crippen molar-refractivity contribution in [2.45, 2.75) is 82.8 Å². The van der Waals surface area contributed by atoms with Crippen LogP contribution in [0.15, 0.2) is 54.1 Å². The van der Waals surface area contributed by atoms with Gasteiger partial charge in [0.2, 0.25) is 0 Å². The highest BCUT2D eigenvalue weighted by Crippen LogP contribution is 2.70. The zero-order chi connectivity index (χ0) is 25.9. The van der Waals surface area contributed by atoms with Crippen LogP contribution >= 0.6 is 0 Å². The predicted octanol–water partition coefficient (Wildman–Crippen LogP) is 3.88. The van der Waals surface area contributed by atoms with E-state index in [4.69, 9.17) is 0 Å². The molecule has 5 rings (SSSR count). The fourth-order valence-electron chi connectivity index (χ4n) is 8.42. The molecule has 0 heterocycles. The van der Waals surface area contributed by atoms with Crippen LogP contribution in [0.1, 0.15) is 58.4 Å². The topological polar surface area (TPSA) is 89.8 Å². The summed E-state index contributed by atoms with van der Waals surface area (Å²) < 4.78 is 17.3. The van der Waals surface area contributed by atoms with Crippen molar-refractivity contribution in [2.24, 2.45) is 28.6 Å². The van der Waals surface area contributed by atoms with Crippen LogP contribution in [-0.4, -0.2) is 51.2 Å². The number of aryl methyl sites for hydroxylation is 1. The van der Waals surface area contributed by atoms with Crippen molar-refractivity contribution in [2.75, 3.05) is 6.54 Å². The molecule has 5 nitrogen and oxygen atoms in total. The minimum absolute atomic E-state index is 0.0161. The van der Waals surface area contributed by atoms with Gasteiger partial charge in [0.1, 0.15) is 0 Å². The fraction of sp³-hybridized carbons (Fsp3) is 0.633. The number of amides is 1. The standard InChI is InChI=1S/C30H40FNO4/c1-19-16-24-23-12-11-21-17-22(33)13-14-27(21,2)29(23,31)25(34)18-28(24,3)30(19,36)26(35)32-15-7-10-20-8-5-4-6-9-20/h4-6,8-9,13-14,17,19,22-25,33-34,36H,7,10-12,15-16,18H2,1-3H3,(H,32,35)/t19-,22?,23+,24+,25+,27+,28+,29+,30+/m1/s1. The van der Waals surface area contributed by atoms with E-state index in [-0.39, 0.29) is 18.3 Å². The third-order valence-electron chi connectivity index (χ3n) is 10.4. The largest absolute Gasteiger partial charge is 0.390 e. The van der Waals surface area contributed by atoms with Gasteiger partial charge in [-0.05, 0) is 62.8 Å². The van der Waals surface area contributed by atoms with E-state index in [1.54, 1.807) is 18.2 Å². The summed E-state index contributed by atoms with van der Waals surface area (Å²) in [5, 5.41) is 36.5. The number of hydrogen-bond donors (Lipinski definition) is 4. The summed E-state index contributed by atoms with van der Waals surface area (Å²) in [5.41, 5.74) is -3.52. The number of rotatable bonds is 5. The number of fused-ring (bicyclic) bond motifs is 5. The minimum atomic E-state index is -1.92. The van der Waals surface area contributed by atoms with Gasteiger partial charge < -0.3 is 20.6 Å². The zero-order valence-corrected chi connectivity index (χ0v) is 21.6. The molecule has 0 aromatic heterocycles. The molecule has 1 aromatic rings. The Morgan fingerprint density at radius 3 is 2.61 bits per heavy atom. The number of alkyl halides is 1. The van der Waals surface area contributed by atoms with Crippen molar-refractivity contribution in [3.05, 3.63) is 59.7 Å². The van der Waals surface area contributed by atoms with Crippen molar-refractivity contribution in [3.8, 4) is 0 Å². The van der Waals surface area contributed by atoms with Crippen molar-refractivity contribution >= 4 is 5.91 Å². The third kappa shape index (κ3) is 3.40. The predicted molar refractivity (Wildman–Crippen MR) is 137 cm³/mol. The average Bonchev–Trinajstić information content (AvgIpc) is 3.05. The lowest BCUT2D eigenvalue weighted by atomic mass is 9.44. The quantitative estimate of drug-likeness (QED) is 0.367. The highest BCUT2D eigenvalue weighted by atomic mass is 19.1. The Balaban J connectivity index is 1.38. The molecule has 0 bridgehead atoms. The van der Waals surface area contributed by atoms with E-state index >= 15 is 4.39 Å². The van der Waals surface area contributed by atoms with Crippen LogP contribution in [0, 0.1) is 28.6 Å². The van der Waals surface area contributed by atoms with Crippen LogP contribution in [0.3, 0.4) is 0 Å². The Kier molecular flexibility index (Phi) is 6.25. The van der Waals surface area contributed by atoms with Gasteiger partial charge in [-0.3, -0.25) is 4.79 Å². The first-order valence-electron chi connectivity index (χ1n) is 13.5. The normalized spacial score (nSPS) is 45.3. The van der Waals surface area contributed by atoms with Crippen molar-refractivity contribution in [1.82, 2.24) is 5.32 Å². The number of benzene rings is 1. The Bertz CT molecular complexity index is 1070. The minimum Gasteiger partial charge on any atom is -0.390 e. The number of carbonyl (C=O) groups is 1. The first kappa shape index (κ1) is 25.6. The smallest absolute Gasteiger partial charge is 0.252 e. The Hall–Kier alpha value is -2.02. The summed E-state index contributed by atoms with van der Waals surface area (Å²) in [4.78, 5) is 13.5. The van der Waals surface area contributed by atoms with Crippen LogP contribution in [0.25, 0.3) is 0 Å². The summed E-state index contributed by atoms with van der Waals surface area (Å²) in [7, 11) is 0. The maximum absolute atomic E-state index is 17.3. The average molecular weight is 498 g/mol. The van der Waals surface area contributed by atoms with E-state index in [1.807, 2.05) is 39.0 Å². The monoisotopic (exact) mass is 497 g/mol. The summed E-state index contributed by atoms with van der Waals surface area (Å²) in [6.07, 6.45) is 6.28. The lowest BCUT2D eigenvalue weighted by molar-refractivity contribution is -0.219. The van der Waals surface area contributed by atoms with Crippen molar-refractivity contribution in [3.63, 3.8) is 0 Å². The van der Waals surface area contributed by atoms with Crippen LogP contribution in [0.5, 0.6) is 0 Å². The molecule has 6 heteroatoms. The molecular weight excluding hydrogens is 457 g/mol. The van der Waals surface area contributed by atoms with Gasteiger partial charge in [-0.2, -0.15) is 0 Å². The number of allylic oxidation sites excluding steroid dienone is 2. The Labute approximate surface area is 213 Å². The molecule has 36 heavy (non-hydrogen) atoms. The SMILES string of the molecule is C[C@@H]1C[C@H]2[C@@H]3CCC4=CC(O)C=C[C@]4(C)[C@@]3(F)[C@@H](O)C[C@]2(C)[C@@]1(O)C(=O)NCCCc1ccccc1. The number of carbonyl (C=O) groups excluding carboxylic acids is 1. The maximum atomic E-state index is 17.3. The Morgan fingerprint density at radius 2 is 1.89 bits per heavy atom. The van der Waals surface area contributed by atoms with Crippen LogP contribution < -0.4 is 5.32 Å². The lowest BCUT2D eigenvalue weighted by Gasteiger charge is -2.62. The lowest BCUT2D eigenvalue weighted by Crippen LogP contribution is -2.70. The molecule has 1 amide bonds. The second kappa shape index (κ2) is 8.78. The first-order chi connectivity index (χ1) is 17.0. The molecule has 1 aromatic carbocycles. The van der Waals surface area contributed by atoms with E-state index in [9.17, 15) is 20.1 Å². The molecule has 9 atom stereocenters. The number of aliphatic hydroxyl groups is 3. The molecule has 1 unspecified atom stereocenters. The van der Waals surface area contributed by atoms with Gasteiger partial charge in [0.25, 0.3) is 5.91 Å². The molecule has 3 fully saturated rings. The van der Waals surface area contributed by atoms with Crippen LogP contribution in [0.4, 0.5) is 4.39 Å². The summed E-state index contributed by atoms with van der Waals surface area (Å²) >= 11 is 0. The molecule has 4 aliphatic rings. The molecule has 0 radical (unpaired) electrons.